The Labute approximate surface area is 124 Å². The standard InChI is InChI=1S/C15H21N3OS/c1-10(2)9-16-13(19)7-8-18-14-11(3)5-4-6-12(14)17-15(18)20/h4-6,10H,7-9H2,1-3H3,(H,16,19)(H,17,20). The van der Waals surface area contributed by atoms with E-state index >= 15 is 0 Å². The summed E-state index contributed by atoms with van der Waals surface area (Å²) in [7, 11) is 0. The van der Waals surface area contributed by atoms with Crippen molar-refractivity contribution in [1.82, 2.24) is 14.9 Å². The van der Waals surface area contributed by atoms with E-state index in [0.717, 1.165) is 23.1 Å². The molecule has 0 aliphatic heterocycles. The van der Waals surface area contributed by atoms with Crippen molar-refractivity contribution in [1.29, 1.82) is 0 Å². The highest BCUT2D eigenvalue weighted by molar-refractivity contribution is 7.71. The molecule has 1 amide bonds. The molecule has 0 unspecified atom stereocenters. The Hall–Kier alpha value is -1.62. The zero-order valence-electron chi connectivity index (χ0n) is 12.2. The van der Waals surface area contributed by atoms with Crippen molar-refractivity contribution < 1.29 is 4.79 Å². The number of hydrogen-bond acceptors (Lipinski definition) is 2. The minimum atomic E-state index is 0.0727. The molecule has 2 aromatic rings. The summed E-state index contributed by atoms with van der Waals surface area (Å²) in [6.07, 6.45) is 0.447. The predicted octanol–water partition coefficient (Wildman–Crippen LogP) is 3.17. The molecule has 20 heavy (non-hydrogen) atoms. The van der Waals surface area contributed by atoms with Gasteiger partial charge in [-0.25, -0.2) is 0 Å². The van der Waals surface area contributed by atoms with Crippen LogP contribution in [-0.2, 0) is 11.3 Å². The quantitative estimate of drug-likeness (QED) is 0.831. The van der Waals surface area contributed by atoms with E-state index in [1.807, 2.05) is 16.7 Å². The maximum Gasteiger partial charge on any atom is 0.221 e. The second-order valence-corrected chi connectivity index (χ2v) is 5.89. The smallest absolute Gasteiger partial charge is 0.221 e. The van der Waals surface area contributed by atoms with Gasteiger partial charge in [0.1, 0.15) is 0 Å². The van der Waals surface area contributed by atoms with Crippen LogP contribution in [0.3, 0.4) is 0 Å². The first-order valence-electron chi connectivity index (χ1n) is 6.94. The van der Waals surface area contributed by atoms with Crippen LogP contribution in [0.1, 0.15) is 25.8 Å². The lowest BCUT2D eigenvalue weighted by Crippen LogP contribution is -2.28. The van der Waals surface area contributed by atoms with Gasteiger partial charge in [0, 0.05) is 19.5 Å². The Morgan fingerprint density at radius 1 is 1.45 bits per heavy atom. The van der Waals surface area contributed by atoms with Gasteiger partial charge in [0.05, 0.1) is 11.0 Å². The molecule has 0 fully saturated rings. The Kier molecular flexibility index (Phi) is 4.60. The van der Waals surface area contributed by atoms with Crippen LogP contribution in [0, 0.1) is 17.6 Å². The van der Waals surface area contributed by atoms with Crippen LogP contribution in [0.2, 0.25) is 0 Å². The number of hydrogen-bond donors (Lipinski definition) is 2. The maximum atomic E-state index is 11.8. The monoisotopic (exact) mass is 291 g/mol. The number of aromatic amines is 1. The number of carbonyl (C=O) groups is 1. The van der Waals surface area contributed by atoms with Gasteiger partial charge in [-0.2, -0.15) is 0 Å². The van der Waals surface area contributed by atoms with Gasteiger partial charge in [0.15, 0.2) is 4.77 Å². The number of rotatable bonds is 5. The largest absolute Gasteiger partial charge is 0.356 e. The number of aromatic nitrogens is 2. The molecule has 0 aliphatic carbocycles. The van der Waals surface area contributed by atoms with Gasteiger partial charge in [0.2, 0.25) is 5.91 Å². The number of fused-ring (bicyclic) bond motifs is 1. The molecule has 5 heteroatoms. The zero-order chi connectivity index (χ0) is 14.7. The molecule has 2 rings (SSSR count). The van der Waals surface area contributed by atoms with E-state index in [9.17, 15) is 4.79 Å². The molecule has 2 N–H and O–H groups in total. The number of H-pyrrole nitrogens is 1. The average Bonchev–Trinajstić information content (AvgIpc) is 2.71. The summed E-state index contributed by atoms with van der Waals surface area (Å²) in [5.41, 5.74) is 3.28. The van der Waals surface area contributed by atoms with Crippen molar-refractivity contribution in [3.8, 4) is 0 Å². The van der Waals surface area contributed by atoms with Crippen molar-refractivity contribution in [3.63, 3.8) is 0 Å². The van der Waals surface area contributed by atoms with Crippen LogP contribution in [0.4, 0.5) is 0 Å². The fourth-order valence-electron chi connectivity index (χ4n) is 2.24. The van der Waals surface area contributed by atoms with Gasteiger partial charge in [0.25, 0.3) is 0 Å². The predicted molar refractivity (Wildman–Crippen MR) is 84.3 cm³/mol. The minimum Gasteiger partial charge on any atom is -0.356 e. The molecule has 1 heterocycles. The molecule has 4 nitrogen and oxygen atoms in total. The normalized spacial score (nSPS) is 11.2. The lowest BCUT2D eigenvalue weighted by Gasteiger charge is -2.09. The van der Waals surface area contributed by atoms with E-state index in [1.54, 1.807) is 0 Å². The van der Waals surface area contributed by atoms with Crippen LogP contribution < -0.4 is 5.32 Å². The van der Waals surface area contributed by atoms with Crippen molar-refractivity contribution in [2.45, 2.75) is 33.7 Å². The van der Waals surface area contributed by atoms with Crippen LogP contribution in [0.15, 0.2) is 18.2 Å². The van der Waals surface area contributed by atoms with E-state index in [1.165, 1.54) is 0 Å². The van der Waals surface area contributed by atoms with Crippen LogP contribution in [-0.4, -0.2) is 22.0 Å². The molecule has 0 bridgehead atoms. The Bertz CT molecular complexity index is 669. The Balaban J connectivity index is 2.12. The third kappa shape index (κ3) is 3.28. The van der Waals surface area contributed by atoms with Crippen molar-refractivity contribution in [3.05, 3.63) is 28.5 Å². The first-order chi connectivity index (χ1) is 9.49. The number of nitrogens with zero attached hydrogens (tertiary/aromatic N) is 1. The van der Waals surface area contributed by atoms with Gasteiger partial charge in [-0.05, 0) is 36.7 Å². The van der Waals surface area contributed by atoms with Crippen molar-refractivity contribution in [2.24, 2.45) is 5.92 Å². The summed E-state index contributed by atoms with van der Waals surface area (Å²) in [5, 5.41) is 2.93. The average molecular weight is 291 g/mol. The molecule has 0 aliphatic rings. The number of carbonyl (C=O) groups excluding carboxylic acids is 1. The molecular formula is C15H21N3OS. The van der Waals surface area contributed by atoms with Crippen LogP contribution in [0.5, 0.6) is 0 Å². The lowest BCUT2D eigenvalue weighted by atomic mass is 10.2. The molecule has 0 radical (unpaired) electrons. The third-order valence-electron chi connectivity index (χ3n) is 3.26. The zero-order valence-corrected chi connectivity index (χ0v) is 13.0. The summed E-state index contributed by atoms with van der Waals surface area (Å²) in [5.74, 6) is 0.542. The SMILES string of the molecule is Cc1cccc2[nH]c(=S)n(CCC(=O)NCC(C)C)c12. The number of nitrogens with one attached hydrogen (secondary N) is 2. The first kappa shape index (κ1) is 14.8. The van der Waals surface area contributed by atoms with Crippen molar-refractivity contribution in [2.75, 3.05) is 6.54 Å². The fraction of sp³-hybridized carbons (Fsp3) is 0.467. The molecule has 0 spiro atoms. The van der Waals surface area contributed by atoms with Gasteiger partial charge in [-0.3, -0.25) is 4.79 Å². The summed E-state index contributed by atoms with van der Waals surface area (Å²) < 4.78 is 2.68. The Morgan fingerprint density at radius 2 is 2.20 bits per heavy atom. The minimum absolute atomic E-state index is 0.0727. The highest BCUT2D eigenvalue weighted by atomic mass is 32.1. The number of aryl methyl sites for hydroxylation is 2. The van der Waals surface area contributed by atoms with E-state index in [-0.39, 0.29) is 5.91 Å². The summed E-state index contributed by atoms with van der Waals surface area (Å²) in [4.78, 5) is 15.0. The van der Waals surface area contributed by atoms with E-state index in [0.29, 0.717) is 23.7 Å². The molecule has 0 atom stereocenters. The molecule has 1 aromatic carbocycles. The van der Waals surface area contributed by atoms with E-state index < -0.39 is 0 Å². The second-order valence-electron chi connectivity index (χ2n) is 5.50. The van der Waals surface area contributed by atoms with Crippen LogP contribution in [0.25, 0.3) is 11.0 Å². The molecule has 108 valence electrons. The topological polar surface area (TPSA) is 49.8 Å². The summed E-state index contributed by atoms with van der Waals surface area (Å²) in [6, 6.07) is 6.07. The highest BCUT2D eigenvalue weighted by Gasteiger charge is 2.09. The second kappa shape index (κ2) is 6.22. The van der Waals surface area contributed by atoms with E-state index in [2.05, 4.69) is 37.1 Å². The molecule has 0 saturated carbocycles. The number of para-hydroxylation sites is 1. The number of amides is 1. The van der Waals surface area contributed by atoms with Gasteiger partial charge >= 0.3 is 0 Å². The summed E-state index contributed by atoms with van der Waals surface area (Å²) >= 11 is 5.35. The molecular weight excluding hydrogens is 270 g/mol. The van der Waals surface area contributed by atoms with E-state index in [4.69, 9.17) is 12.2 Å². The highest BCUT2D eigenvalue weighted by Crippen LogP contribution is 2.18. The van der Waals surface area contributed by atoms with Gasteiger partial charge in [-0.1, -0.05) is 26.0 Å². The van der Waals surface area contributed by atoms with Gasteiger partial charge in [-0.15, -0.1) is 0 Å². The third-order valence-corrected chi connectivity index (χ3v) is 3.59. The number of imidazole rings is 1. The Morgan fingerprint density at radius 3 is 2.90 bits per heavy atom. The van der Waals surface area contributed by atoms with Crippen molar-refractivity contribution >= 4 is 29.2 Å². The maximum absolute atomic E-state index is 11.8. The first-order valence-corrected chi connectivity index (χ1v) is 7.34. The fourth-order valence-corrected chi connectivity index (χ4v) is 2.53. The summed E-state index contributed by atoms with van der Waals surface area (Å²) in [6.45, 7) is 7.55. The number of benzene rings is 1. The molecule has 1 aromatic heterocycles. The van der Waals surface area contributed by atoms with Crippen LogP contribution >= 0.6 is 12.2 Å². The molecule has 0 saturated heterocycles. The van der Waals surface area contributed by atoms with Gasteiger partial charge < -0.3 is 14.9 Å². The lowest BCUT2D eigenvalue weighted by molar-refractivity contribution is -0.121.